The van der Waals surface area contributed by atoms with Crippen molar-refractivity contribution in [1.29, 1.82) is 0 Å². The lowest BCUT2D eigenvalue weighted by molar-refractivity contribution is -0.115. The first-order chi connectivity index (χ1) is 12.4. The second-order valence-corrected chi connectivity index (χ2v) is 8.37. The van der Waals surface area contributed by atoms with Gasteiger partial charge in [-0.2, -0.15) is 8.75 Å². The number of hydrogen-bond acceptors (Lipinski definition) is 7. The average molecular weight is 412 g/mol. The van der Waals surface area contributed by atoms with Gasteiger partial charge in [0.05, 0.1) is 34.5 Å². The van der Waals surface area contributed by atoms with Crippen molar-refractivity contribution in [2.75, 3.05) is 18.2 Å². The fourth-order valence-electron chi connectivity index (χ4n) is 2.34. The number of amides is 1. The van der Waals surface area contributed by atoms with Crippen molar-refractivity contribution >= 4 is 55.8 Å². The van der Waals surface area contributed by atoms with Gasteiger partial charge in [-0.05, 0) is 30.3 Å². The van der Waals surface area contributed by atoms with E-state index >= 15 is 0 Å². The maximum Gasteiger partial charge on any atom is 0.225 e. The predicted molar refractivity (Wildman–Crippen MR) is 101 cm³/mol. The summed E-state index contributed by atoms with van der Waals surface area (Å²) < 4.78 is 38.2. The minimum absolute atomic E-state index is 0.0871. The van der Waals surface area contributed by atoms with Crippen molar-refractivity contribution in [2.45, 2.75) is 11.3 Å². The molecule has 3 rings (SSSR count). The van der Waals surface area contributed by atoms with Gasteiger partial charge in [-0.25, -0.2) is 8.42 Å². The summed E-state index contributed by atoms with van der Waals surface area (Å²) >= 11 is 6.95. The number of rotatable bonds is 6. The van der Waals surface area contributed by atoms with Crippen molar-refractivity contribution in [3.8, 4) is 5.75 Å². The number of hydrogen-bond donors (Lipinski definition) is 1. The molecule has 0 saturated heterocycles. The van der Waals surface area contributed by atoms with Crippen molar-refractivity contribution in [1.82, 2.24) is 8.75 Å². The molecule has 0 aliphatic rings. The molecule has 1 heterocycles. The third kappa shape index (κ3) is 3.95. The number of sulfone groups is 1. The molecule has 1 N–H and O–H groups in total. The molecule has 136 valence electrons. The molecule has 0 fully saturated rings. The van der Waals surface area contributed by atoms with Crippen LogP contribution in [0.2, 0.25) is 5.02 Å². The fourth-order valence-corrected chi connectivity index (χ4v) is 4.61. The molecule has 0 aliphatic carbocycles. The minimum atomic E-state index is -3.67. The highest BCUT2D eigenvalue weighted by molar-refractivity contribution is 7.91. The Balaban J connectivity index is 1.69. The summed E-state index contributed by atoms with van der Waals surface area (Å²) in [6, 6.07) is 9.55. The Labute approximate surface area is 159 Å². The van der Waals surface area contributed by atoms with Crippen LogP contribution < -0.4 is 10.1 Å². The number of carbonyl (C=O) groups excluding carboxylic acids is 1. The zero-order valence-corrected chi connectivity index (χ0v) is 16.0. The third-order valence-electron chi connectivity index (χ3n) is 3.62. The summed E-state index contributed by atoms with van der Waals surface area (Å²) in [5.41, 5.74) is 1.32. The summed E-state index contributed by atoms with van der Waals surface area (Å²) in [6.45, 7) is 0. The molecule has 1 aromatic heterocycles. The molecule has 0 spiro atoms. The summed E-state index contributed by atoms with van der Waals surface area (Å²) in [6.07, 6.45) is -0.195. The molecule has 10 heteroatoms. The monoisotopic (exact) mass is 411 g/mol. The number of carbonyl (C=O) groups is 1. The maximum absolute atomic E-state index is 12.6. The van der Waals surface area contributed by atoms with E-state index in [2.05, 4.69) is 14.1 Å². The van der Waals surface area contributed by atoms with Crippen LogP contribution in [0.1, 0.15) is 6.42 Å². The summed E-state index contributed by atoms with van der Waals surface area (Å²) in [4.78, 5) is 12.2. The lowest BCUT2D eigenvalue weighted by Gasteiger charge is -2.08. The average Bonchev–Trinajstić information content (AvgIpc) is 3.09. The van der Waals surface area contributed by atoms with Gasteiger partial charge in [-0.1, -0.05) is 17.7 Å². The van der Waals surface area contributed by atoms with Crippen molar-refractivity contribution in [3.63, 3.8) is 0 Å². The Morgan fingerprint density at radius 3 is 2.81 bits per heavy atom. The van der Waals surface area contributed by atoms with E-state index in [-0.39, 0.29) is 17.1 Å². The molecular formula is C16H14ClN3O4S2. The second-order valence-electron chi connectivity index (χ2n) is 5.35. The second kappa shape index (κ2) is 7.56. The number of fused-ring (bicyclic) bond motifs is 1. The Kier molecular flexibility index (Phi) is 5.40. The van der Waals surface area contributed by atoms with Gasteiger partial charge in [0.15, 0.2) is 9.84 Å². The first-order valence-electron chi connectivity index (χ1n) is 7.48. The number of nitrogens with zero attached hydrogens (tertiary/aromatic N) is 2. The molecule has 0 aliphatic heterocycles. The van der Waals surface area contributed by atoms with E-state index in [1.54, 1.807) is 24.3 Å². The minimum Gasteiger partial charge on any atom is -0.495 e. The lowest BCUT2D eigenvalue weighted by Crippen LogP contribution is -2.17. The number of halogens is 1. The molecule has 0 bridgehead atoms. The van der Waals surface area contributed by atoms with Gasteiger partial charge in [0.1, 0.15) is 16.8 Å². The first-order valence-corrected chi connectivity index (χ1v) is 10.2. The summed E-state index contributed by atoms with van der Waals surface area (Å²) in [7, 11) is -2.18. The van der Waals surface area contributed by atoms with E-state index in [4.69, 9.17) is 16.3 Å². The number of methoxy groups -OCH3 is 1. The van der Waals surface area contributed by atoms with Gasteiger partial charge in [0, 0.05) is 12.1 Å². The number of anilines is 1. The summed E-state index contributed by atoms with van der Waals surface area (Å²) in [5, 5.41) is 2.97. The number of ether oxygens (including phenoxy) is 1. The molecule has 2 aromatic carbocycles. The van der Waals surface area contributed by atoms with Gasteiger partial charge in [-0.15, -0.1) is 0 Å². The van der Waals surface area contributed by atoms with E-state index in [1.165, 1.54) is 19.2 Å². The molecule has 7 nitrogen and oxygen atoms in total. The van der Waals surface area contributed by atoms with E-state index < -0.39 is 15.7 Å². The van der Waals surface area contributed by atoms with Crippen LogP contribution in [0.3, 0.4) is 0 Å². The van der Waals surface area contributed by atoms with Crippen LogP contribution in [-0.4, -0.2) is 35.9 Å². The molecule has 0 unspecified atom stereocenters. The van der Waals surface area contributed by atoms with Crippen LogP contribution in [0, 0.1) is 0 Å². The van der Waals surface area contributed by atoms with Crippen molar-refractivity contribution in [2.24, 2.45) is 0 Å². The molecular weight excluding hydrogens is 398 g/mol. The van der Waals surface area contributed by atoms with E-state index in [1.807, 2.05) is 0 Å². The Bertz CT molecular complexity index is 1070. The molecule has 0 saturated carbocycles. The van der Waals surface area contributed by atoms with Gasteiger partial charge in [-0.3, -0.25) is 4.79 Å². The molecule has 3 aromatic rings. The van der Waals surface area contributed by atoms with Gasteiger partial charge in [0.2, 0.25) is 5.91 Å². The standard InChI is InChI=1S/C16H14ClN3O4S2/c1-24-13-6-5-10(9-11(13)17)18-15(21)7-8-26(22,23)14-4-2-3-12-16(14)20-25-19-12/h2-6,9H,7-8H2,1H3,(H,18,21). The SMILES string of the molecule is COc1ccc(NC(=O)CCS(=O)(=O)c2cccc3nsnc23)cc1Cl. The van der Waals surface area contributed by atoms with Crippen LogP contribution in [0.4, 0.5) is 5.69 Å². The van der Waals surface area contributed by atoms with Gasteiger partial charge >= 0.3 is 0 Å². The normalized spacial score (nSPS) is 11.5. The maximum atomic E-state index is 12.6. The highest BCUT2D eigenvalue weighted by Crippen LogP contribution is 2.27. The zero-order valence-electron chi connectivity index (χ0n) is 13.6. The number of benzene rings is 2. The third-order valence-corrected chi connectivity index (χ3v) is 6.20. The van der Waals surface area contributed by atoms with E-state index in [0.29, 0.717) is 27.5 Å². The Morgan fingerprint density at radius 2 is 2.08 bits per heavy atom. The van der Waals surface area contributed by atoms with Crippen LogP contribution >= 0.6 is 23.3 Å². The van der Waals surface area contributed by atoms with E-state index in [0.717, 1.165) is 11.7 Å². The largest absolute Gasteiger partial charge is 0.495 e. The number of aromatic nitrogens is 2. The molecule has 0 atom stereocenters. The van der Waals surface area contributed by atoms with Crippen LogP contribution in [0.25, 0.3) is 11.0 Å². The highest BCUT2D eigenvalue weighted by atomic mass is 35.5. The topological polar surface area (TPSA) is 98.2 Å². The van der Waals surface area contributed by atoms with Gasteiger partial charge < -0.3 is 10.1 Å². The first kappa shape index (κ1) is 18.6. The smallest absolute Gasteiger partial charge is 0.225 e. The van der Waals surface area contributed by atoms with Crippen molar-refractivity contribution in [3.05, 3.63) is 41.4 Å². The van der Waals surface area contributed by atoms with Crippen LogP contribution in [0.5, 0.6) is 5.75 Å². The Hall–Kier alpha value is -2.23. The van der Waals surface area contributed by atoms with Gasteiger partial charge in [0.25, 0.3) is 0 Å². The molecule has 1 amide bonds. The molecule has 26 heavy (non-hydrogen) atoms. The molecule has 0 radical (unpaired) electrons. The van der Waals surface area contributed by atoms with Crippen molar-refractivity contribution < 1.29 is 17.9 Å². The van der Waals surface area contributed by atoms with Crippen LogP contribution in [0.15, 0.2) is 41.3 Å². The quantitative estimate of drug-likeness (QED) is 0.669. The Morgan fingerprint density at radius 1 is 1.27 bits per heavy atom. The predicted octanol–water partition coefficient (Wildman–Crippen LogP) is 3.16. The highest BCUT2D eigenvalue weighted by Gasteiger charge is 2.21. The van der Waals surface area contributed by atoms with E-state index in [9.17, 15) is 13.2 Å². The lowest BCUT2D eigenvalue weighted by atomic mass is 10.3. The number of nitrogens with one attached hydrogen (secondary N) is 1. The zero-order chi connectivity index (χ0) is 18.7. The summed E-state index contributed by atoms with van der Waals surface area (Å²) in [5.74, 6) is -0.282. The fraction of sp³-hybridized carbons (Fsp3) is 0.188. The van der Waals surface area contributed by atoms with Crippen LogP contribution in [-0.2, 0) is 14.6 Å².